The molecule has 0 aliphatic heterocycles. The number of halogens is 4. The molecule has 1 unspecified atom stereocenters. The fourth-order valence-electron chi connectivity index (χ4n) is 1.42. The first-order chi connectivity index (χ1) is 7.41. The quantitative estimate of drug-likeness (QED) is 0.714. The summed E-state index contributed by atoms with van der Waals surface area (Å²) in [6.07, 6.45) is -2.58. The zero-order valence-corrected chi connectivity index (χ0v) is 9.46. The van der Waals surface area contributed by atoms with Crippen LogP contribution >= 0.6 is 11.8 Å². The lowest BCUT2D eigenvalue weighted by Gasteiger charge is -2.16. The maximum absolute atomic E-state index is 13.6. The monoisotopic (exact) mass is 251 g/mol. The predicted molar refractivity (Wildman–Crippen MR) is 57.6 cm³/mol. The highest BCUT2D eigenvalue weighted by atomic mass is 32.2. The van der Waals surface area contributed by atoms with E-state index in [9.17, 15) is 17.6 Å². The maximum Gasteiger partial charge on any atom is 0.419 e. The van der Waals surface area contributed by atoms with Crippen molar-refractivity contribution in [2.45, 2.75) is 17.8 Å². The number of alkyl halides is 3. The van der Waals surface area contributed by atoms with Crippen molar-refractivity contribution in [1.29, 1.82) is 0 Å². The van der Waals surface area contributed by atoms with Gasteiger partial charge in [-0.15, -0.1) is 0 Å². The summed E-state index contributed by atoms with van der Waals surface area (Å²) < 4.78 is 50.9. The molecule has 0 fully saturated rings. The summed E-state index contributed by atoms with van der Waals surface area (Å²) in [4.78, 5) is 0. The number of thioether (sulfide) groups is 1. The molecule has 1 rings (SSSR count). The Balaban J connectivity index is 3.23. The van der Waals surface area contributed by atoms with E-state index in [2.05, 4.69) is 6.92 Å². The molecule has 1 aromatic carbocycles. The Hall–Kier alpha value is -0.710. The van der Waals surface area contributed by atoms with E-state index in [4.69, 9.17) is 0 Å². The molecule has 89 valence electrons. The van der Waals surface area contributed by atoms with Gasteiger partial charge in [0.05, 0.1) is 5.56 Å². The summed E-state index contributed by atoms with van der Waals surface area (Å²) >= 11 is 1.29. The van der Waals surface area contributed by atoms with Crippen LogP contribution in [0.2, 0.25) is 0 Å². The SMILES string of the molecule is [CH2]CC(SC)c1cccc(C(F)(F)F)c1F. The van der Waals surface area contributed by atoms with Crippen molar-refractivity contribution in [2.24, 2.45) is 0 Å². The van der Waals surface area contributed by atoms with Crippen LogP contribution in [0.1, 0.15) is 22.8 Å². The van der Waals surface area contributed by atoms with Gasteiger partial charge >= 0.3 is 6.18 Å². The lowest BCUT2D eigenvalue weighted by atomic mass is 10.0. The molecule has 0 aliphatic carbocycles. The molecule has 1 atom stereocenters. The summed E-state index contributed by atoms with van der Waals surface area (Å²) in [6, 6.07) is 3.34. The molecule has 0 amide bonds. The Kier molecular flexibility index (Phi) is 4.24. The van der Waals surface area contributed by atoms with E-state index in [1.165, 1.54) is 23.9 Å². The second-order valence-electron chi connectivity index (χ2n) is 3.22. The Morgan fingerprint density at radius 1 is 1.38 bits per heavy atom. The summed E-state index contributed by atoms with van der Waals surface area (Å²) in [6.45, 7) is 3.60. The zero-order chi connectivity index (χ0) is 12.3. The van der Waals surface area contributed by atoms with Crippen LogP contribution in [0.5, 0.6) is 0 Å². The first-order valence-electron chi connectivity index (χ1n) is 4.59. The summed E-state index contributed by atoms with van der Waals surface area (Å²) in [7, 11) is 0. The van der Waals surface area contributed by atoms with Crippen molar-refractivity contribution in [3.8, 4) is 0 Å². The van der Waals surface area contributed by atoms with E-state index >= 15 is 0 Å². The van der Waals surface area contributed by atoms with Gasteiger partial charge in [0, 0.05) is 10.8 Å². The van der Waals surface area contributed by atoms with Gasteiger partial charge in [-0.2, -0.15) is 24.9 Å². The Bertz CT molecular complexity index is 355. The zero-order valence-electron chi connectivity index (χ0n) is 8.64. The van der Waals surface area contributed by atoms with E-state index in [1.807, 2.05) is 0 Å². The van der Waals surface area contributed by atoms with Crippen molar-refractivity contribution in [3.63, 3.8) is 0 Å². The fourth-order valence-corrected chi connectivity index (χ4v) is 2.09. The van der Waals surface area contributed by atoms with Crippen LogP contribution < -0.4 is 0 Å². The highest BCUT2D eigenvalue weighted by Gasteiger charge is 2.35. The number of hydrogen-bond donors (Lipinski definition) is 0. The molecule has 0 nitrogen and oxygen atoms in total. The third-order valence-corrected chi connectivity index (χ3v) is 3.29. The second kappa shape index (κ2) is 5.08. The Labute approximate surface area is 96.0 Å². The molecular weight excluding hydrogens is 240 g/mol. The van der Waals surface area contributed by atoms with Crippen molar-refractivity contribution < 1.29 is 17.6 Å². The van der Waals surface area contributed by atoms with Gasteiger partial charge in [-0.1, -0.05) is 19.1 Å². The molecule has 0 aromatic heterocycles. The molecule has 0 N–H and O–H groups in total. The van der Waals surface area contributed by atoms with Crippen LogP contribution in [0, 0.1) is 12.7 Å². The Morgan fingerprint density at radius 2 is 2.00 bits per heavy atom. The van der Waals surface area contributed by atoms with Crippen LogP contribution in [0.25, 0.3) is 0 Å². The molecule has 16 heavy (non-hydrogen) atoms. The first kappa shape index (κ1) is 13.4. The van der Waals surface area contributed by atoms with Gasteiger partial charge < -0.3 is 0 Å². The topological polar surface area (TPSA) is 0 Å². The van der Waals surface area contributed by atoms with E-state index < -0.39 is 17.6 Å². The molecule has 5 heteroatoms. The minimum Gasteiger partial charge on any atom is -0.206 e. The fraction of sp³-hybridized carbons (Fsp3) is 0.364. The molecular formula is C11H11F4S. The summed E-state index contributed by atoms with van der Waals surface area (Å²) in [5, 5.41) is -0.345. The molecule has 0 spiro atoms. The van der Waals surface area contributed by atoms with Gasteiger partial charge in [0.2, 0.25) is 0 Å². The van der Waals surface area contributed by atoms with Crippen LogP contribution in [0.15, 0.2) is 18.2 Å². The average Bonchev–Trinajstić information content (AvgIpc) is 2.20. The second-order valence-corrected chi connectivity index (χ2v) is 4.26. The summed E-state index contributed by atoms with van der Waals surface area (Å²) in [5.41, 5.74) is -1.14. The molecule has 0 bridgehead atoms. The van der Waals surface area contributed by atoms with Gasteiger partial charge in [-0.25, -0.2) is 4.39 Å². The normalized spacial score (nSPS) is 13.9. The Morgan fingerprint density at radius 3 is 2.44 bits per heavy atom. The smallest absolute Gasteiger partial charge is 0.206 e. The predicted octanol–water partition coefficient (Wildman–Crippen LogP) is 4.47. The number of benzene rings is 1. The molecule has 0 aliphatic rings. The van der Waals surface area contributed by atoms with Gasteiger partial charge in [-0.3, -0.25) is 0 Å². The maximum atomic E-state index is 13.6. The van der Waals surface area contributed by atoms with E-state index in [-0.39, 0.29) is 10.8 Å². The number of rotatable bonds is 3. The molecule has 0 heterocycles. The third-order valence-electron chi connectivity index (χ3n) is 2.23. The molecule has 0 saturated carbocycles. The minimum absolute atomic E-state index is 0.0670. The molecule has 1 aromatic rings. The average molecular weight is 251 g/mol. The van der Waals surface area contributed by atoms with Crippen LogP contribution in [0.3, 0.4) is 0 Å². The van der Waals surface area contributed by atoms with E-state index in [1.54, 1.807) is 6.26 Å². The lowest BCUT2D eigenvalue weighted by Crippen LogP contribution is -2.10. The lowest BCUT2D eigenvalue weighted by molar-refractivity contribution is -0.140. The van der Waals surface area contributed by atoms with Crippen LogP contribution in [-0.4, -0.2) is 6.26 Å². The van der Waals surface area contributed by atoms with Crippen molar-refractivity contribution in [3.05, 3.63) is 42.1 Å². The minimum atomic E-state index is -4.65. The van der Waals surface area contributed by atoms with Crippen molar-refractivity contribution in [2.75, 3.05) is 6.26 Å². The summed E-state index contributed by atoms with van der Waals surface area (Å²) in [5.74, 6) is -1.18. The highest BCUT2D eigenvalue weighted by Crippen LogP contribution is 2.37. The van der Waals surface area contributed by atoms with E-state index in [0.29, 0.717) is 6.42 Å². The number of hydrogen-bond acceptors (Lipinski definition) is 1. The van der Waals surface area contributed by atoms with Crippen molar-refractivity contribution in [1.82, 2.24) is 0 Å². The standard InChI is InChI=1S/C11H11F4S/c1-3-9(16-2)7-5-4-6-8(10(7)12)11(13,14)15/h4-6,9H,1,3H2,2H3. The van der Waals surface area contributed by atoms with E-state index in [0.717, 1.165) is 6.07 Å². The highest BCUT2D eigenvalue weighted by molar-refractivity contribution is 7.98. The molecule has 0 saturated heterocycles. The third kappa shape index (κ3) is 2.70. The van der Waals surface area contributed by atoms with Crippen molar-refractivity contribution >= 4 is 11.8 Å². The largest absolute Gasteiger partial charge is 0.419 e. The first-order valence-corrected chi connectivity index (χ1v) is 5.88. The molecule has 1 radical (unpaired) electrons. The van der Waals surface area contributed by atoms with Gasteiger partial charge in [-0.05, 0) is 18.7 Å². The van der Waals surface area contributed by atoms with Crippen LogP contribution in [-0.2, 0) is 6.18 Å². The van der Waals surface area contributed by atoms with Gasteiger partial charge in [0.25, 0.3) is 0 Å². The van der Waals surface area contributed by atoms with Gasteiger partial charge in [0.15, 0.2) is 0 Å². The van der Waals surface area contributed by atoms with Crippen LogP contribution in [0.4, 0.5) is 17.6 Å². The van der Waals surface area contributed by atoms with Gasteiger partial charge in [0.1, 0.15) is 5.82 Å².